The van der Waals surface area contributed by atoms with Gasteiger partial charge in [-0.15, -0.1) is 0 Å². The van der Waals surface area contributed by atoms with E-state index in [1.807, 2.05) is 30.3 Å². The van der Waals surface area contributed by atoms with Crippen LogP contribution >= 0.6 is 0 Å². The number of nitrogens with zero attached hydrogens (tertiary/aromatic N) is 2. The van der Waals surface area contributed by atoms with Crippen LogP contribution in [-0.4, -0.2) is 40.3 Å². The number of nitrogens with one attached hydrogen (secondary N) is 1. The van der Waals surface area contributed by atoms with Crippen LogP contribution in [0, 0.1) is 0 Å². The highest BCUT2D eigenvalue weighted by Crippen LogP contribution is 2.27. The van der Waals surface area contributed by atoms with Gasteiger partial charge in [-0.25, -0.2) is 0 Å². The van der Waals surface area contributed by atoms with Gasteiger partial charge in [0.25, 0.3) is 5.91 Å². The standard InChI is InChI=1S/C18H19N3O2/c22-17-11-21(16-6-2-1-5-15(16)20-17)18(23)13-7-8-14-12(10-13)4-3-9-19-14/h3-4,7-10,15-16H,1-2,5-6,11H2,(H,20,22)/t15-,16-/m0/s1. The van der Waals surface area contributed by atoms with Crippen molar-refractivity contribution in [1.82, 2.24) is 15.2 Å². The van der Waals surface area contributed by atoms with Crippen molar-refractivity contribution in [1.29, 1.82) is 0 Å². The minimum atomic E-state index is -0.0532. The van der Waals surface area contributed by atoms with Gasteiger partial charge in [0.2, 0.25) is 5.91 Å². The molecule has 0 radical (unpaired) electrons. The molecule has 118 valence electrons. The van der Waals surface area contributed by atoms with E-state index in [1.54, 1.807) is 11.1 Å². The summed E-state index contributed by atoms with van der Waals surface area (Å²) in [6, 6.07) is 9.59. The Labute approximate surface area is 134 Å². The van der Waals surface area contributed by atoms with Crippen molar-refractivity contribution in [3.63, 3.8) is 0 Å². The Morgan fingerprint density at radius 3 is 3.00 bits per heavy atom. The van der Waals surface area contributed by atoms with Gasteiger partial charge in [0.15, 0.2) is 0 Å². The van der Waals surface area contributed by atoms with Gasteiger partial charge < -0.3 is 10.2 Å². The smallest absolute Gasteiger partial charge is 0.254 e. The lowest BCUT2D eigenvalue weighted by Crippen LogP contribution is -2.62. The number of fused-ring (bicyclic) bond motifs is 2. The summed E-state index contributed by atoms with van der Waals surface area (Å²) in [5.41, 5.74) is 1.50. The average molecular weight is 309 g/mol. The molecule has 23 heavy (non-hydrogen) atoms. The van der Waals surface area contributed by atoms with Crippen molar-refractivity contribution >= 4 is 22.7 Å². The molecule has 2 amide bonds. The van der Waals surface area contributed by atoms with Crippen molar-refractivity contribution in [3.8, 4) is 0 Å². The van der Waals surface area contributed by atoms with E-state index in [9.17, 15) is 9.59 Å². The Bertz CT molecular complexity index is 774. The van der Waals surface area contributed by atoms with Crippen LogP contribution in [0.5, 0.6) is 0 Å². The first-order valence-corrected chi connectivity index (χ1v) is 8.17. The average Bonchev–Trinajstić information content (AvgIpc) is 2.60. The number of carbonyl (C=O) groups is 2. The second kappa shape index (κ2) is 5.65. The van der Waals surface area contributed by atoms with E-state index in [4.69, 9.17) is 0 Å². The van der Waals surface area contributed by atoms with Crippen molar-refractivity contribution in [2.45, 2.75) is 37.8 Å². The molecule has 2 fully saturated rings. The molecule has 0 unspecified atom stereocenters. The SMILES string of the molecule is O=C1CN(C(=O)c2ccc3ncccc3c2)[C@H]2CCCC[C@@H]2N1. The third kappa shape index (κ3) is 2.56. The molecule has 5 nitrogen and oxygen atoms in total. The highest BCUT2D eigenvalue weighted by Gasteiger charge is 2.39. The topological polar surface area (TPSA) is 62.3 Å². The molecule has 1 aliphatic carbocycles. The van der Waals surface area contributed by atoms with E-state index < -0.39 is 0 Å². The fourth-order valence-electron chi connectivity index (χ4n) is 3.77. The summed E-state index contributed by atoms with van der Waals surface area (Å²) in [5, 5.41) is 3.99. The Hall–Kier alpha value is -2.43. The number of aromatic nitrogens is 1. The second-order valence-corrected chi connectivity index (χ2v) is 6.37. The Morgan fingerprint density at radius 2 is 2.09 bits per heavy atom. The fraction of sp³-hybridized carbons (Fsp3) is 0.389. The van der Waals surface area contributed by atoms with Crippen molar-refractivity contribution in [2.24, 2.45) is 0 Å². The first-order valence-electron chi connectivity index (χ1n) is 8.17. The van der Waals surface area contributed by atoms with Gasteiger partial charge in [0, 0.05) is 23.2 Å². The van der Waals surface area contributed by atoms with Crippen LogP contribution in [0.3, 0.4) is 0 Å². The van der Waals surface area contributed by atoms with E-state index in [0.29, 0.717) is 5.56 Å². The minimum Gasteiger partial charge on any atom is -0.350 e. The number of piperazine rings is 1. The molecular formula is C18H19N3O2. The van der Waals surface area contributed by atoms with Crippen molar-refractivity contribution in [2.75, 3.05) is 6.54 Å². The molecule has 0 spiro atoms. The zero-order valence-corrected chi connectivity index (χ0v) is 12.9. The number of carbonyl (C=O) groups excluding carboxylic acids is 2. The molecule has 1 aromatic carbocycles. The second-order valence-electron chi connectivity index (χ2n) is 6.37. The lowest BCUT2D eigenvalue weighted by molar-refractivity contribution is -0.127. The van der Waals surface area contributed by atoms with E-state index in [2.05, 4.69) is 10.3 Å². The van der Waals surface area contributed by atoms with Crippen molar-refractivity contribution in [3.05, 3.63) is 42.1 Å². The lowest BCUT2D eigenvalue weighted by Gasteiger charge is -2.44. The number of amides is 2. The Morgan fingerprint density at radius 1 is 1.22 bits per heavy atom. The maximum absolute atomic E-state index is 13.0. The summed E-state index contributed by atoms with van der Waals surface area (Å²) < 4.78 is 0. The summed E-state index contributed by atoms with van der Waals surface area (Å²) in [6.45, 7) is 0.158. The molecule has 4 rings (SSSR count). The molecule has 0 bridgehead atoms. The van der Waals surface area contributed by atoms with Gasteiger partial charge in [-0.05, 0) is 37.1 Å². The van der Waals surface area contributed by atoms with Gasteiger partial charge in [0.1, 0.15) is 6.54 Å². The maximum Gasteiger partial charge on any atom is 0.254 e. The van der Waals surface area contributed by atoms with E-state index >= 15 is 0 Å². The minimum absolute atomic E-state index is 0.0519. The third-order valence-electron chi connectivity index (χ3n) is 4.90. The van der Waals surface area contributed by atoms with Crippen LogP contribution in [0.25, 0.3) is 10.9 Å². The number of hydrogen-bond acceptors (Lipinski definition) is 3. The highest BCUT2D eigenvalue weighted by atomic mass is 16.2. The number of pyridine rings is 1. The molecule has 1 saturated heterocycles. The molecule has 2 heterocycles. The highest BCUT2D eigenvalue weighted by molar-refractivity contribution is 6.00. The molecule has 1 saturated carbocycles. The largest absolute Gasteiger partial charge is 0.350 e. The quantitative estimate of drug-likeness (QED) is 0.877. The Kier molecular flexibility index (Phi) is 3.48. The van der Waals surface area contributed by atoms with Crippen LogP contribution < -0.4 is 5.32 Å². The monoisotopic (exact) mass is 309 g/mol. The van der Waals surface area contributed by atoms with Gasteiger partial charge in [-0.2, -0.15) is 0 Å². The summed E-state index contributed by atoms with van der Waals surface area (Å²) in [7, 11) is 0. The zero-order chi connectivity index (χ0) is 15.8. The van der Waals surface area contributed by atoms with Gasteiger partial charge in [0.05, 0.1) is 11.6 Å². The maximum atomic E-state index is 13.0. The summed E-state index contributed by atoms with van der Waals surface area (Å²) in [5.74, 6) is -0.105. The number of benzene rings is 1. The summed E-state index contributed by atoms with van der Waals surface area (Å²) in [6.07, 6.45) is 5.90. The van der Waals surface area contributed by atoms with E-state index in [0.717, 1.165) is 36.6 Å². The summed E-state index contributed by atoms with van der Waals surface area (Å²) >= 11 is 0. The first kappa shape index (κ1) is 14.2. The molecule has 1 aromatic heterocycles. The molecular weight excluding hydrogens is 290 g/mol. The number of hydrogen-bond donors (Lipinski definition) is 1. The van der Waals surface area contributed by atoms with Gasteiger partial charge in [-0.3, -0.25) is 14.6 Å². The van der Waals surface area contributed by atoms with Crippen LogP contribution in [0.4, 0.5) is 0 Å². The molecule has 2 atom stereocenters. The van der Waals surface area contributed by atoms with Crippen LogP contribution in [0.2, 0.25) is 0 Å². The first-order chi connectivity index (χ1) is 11.2. The van der Waals surface area contributed by atoms with E-state index in [1.165, 1.54) is 0 Å². The zero-order valence-electron chi connectivity index (χ0n) is 12.9. The third-order valence-corrected chi connectivity index (χ3v) is 4.90. The number of rotatable bonds is 1. The lowest BCUT2D eigenvalue weighted by atomic mass is 9.87. The fourth-order valence-corrected chi connectivity index (χ4v) is 3.77. The normalized spacial score (nSPS) is 24.2. The van der Waals surface area contributed by atoms with Crippen LogP contribution in [0.1, 0.15) is 36.0 Å². The van der Waals surface area contributed by atoms with Gasteiger partial charge in [-0.1, -0.05) is 18.9 Å². The van der Waals surface area contributed by atoms with Crippen molar-refractivity contribution < 1.29 is 9.59 Å². The Balaban J connectivity index is 1.66. The predicted octanol–water partition coefficient (Wildman–Crippen LogP) is 2.12. The van der Waals surface area contributed by atoms with E-state index in [-0.39, 0.29) is 30.4 Å². The molecule has 2 aliphatic rings. The molecule has 1 N–H and O–H groups in total. The van der Waals surface area contributed by atoms with Crippen LogP contribution in [-0.2, 0) is 4.79 Å². The molecule has 1 aliphatic heterocycles. The molecule has 2 aromatic rings. The predicted molar refractivity (Wildman–Crippen MR) is 87.0 cm³/mol. The molecule has 5 heteroatoms. The summed E-state index contributed by atoms with van der Waals surface area (Å²) in [4.78, 5) is 31.0. The van der Waals surface area contributed by atoms with Crippen LogP contribution in [0.15, 0.2) is 36.5 Å². The van der Waals surface area contributed by atoms with Gasteiger partial charge >= 0.3 is 0 Å².